The van der Waals surface area contributed by atoms with Crippen LogP contribution < -0.4 is 5.32 Å². The molecule has 2 heterocycles. The fraction of sp³-hybridized carbons (Fsp3) is 1.00. The number of aliphatic hydroxyl groups is 2. The smallest absolute Gasteiger partial charge is 0.150 e. The van der Waals surface area contributed by atoms with E-state index in [0.29, 0.717) is 19.4 Å². The average molecular weight is 221 g/mol. The minimum Gasteiger partial charge on any atom is -0.389 e. The quantitative estimate of drug-likeness (QED) is 0.452. The molecule has 0 aromatic heterocycles. The van der Waals surface area contributed by atoms with E-state index in [1.54, 1.807) is 0 Å². The van der Waals surface area contributed by atoms with Gasteiger partial charge in [0.2, 0.25) is 0 Å². The summed E-state index contributed by atoms with van der Waals surface area (Å²) in [4.78, 5) is 0. The summed E-state index contributed by atoms with van der Waals surface area (Å²) in [6, 6.07) is 0. The van der Waals surface area contributed by atoms with E-state index >= 15 is 0 Å². The Morgan fingerprint density at radius 3 is 2.21 bits per heavy atom. The molecule has 2 saturated heterocycles. The summed E-state index contributed by atoms with van der Waals surface area (Å²) in [7, 11) is -2.92. The Bertz CT molecular complexity index is 312. The van der Waals surface area contributed by atoms with Crippen LogP contribution in [0.25, 0.3) is 0 Å². The molecule has 2 aliphatic heterocycles. The second-order valence-corrected chi connectivity index (χ2v) is 6.50. The molecule has 0 amide bonds. The summed E-state index contributed by atoms with van der Waals surface area (Å²) < 4.78 is 22.4. The zero-order valence-corrected chi connectivity index (χ0v) is 8.63. The molecule has 2 fully saturated rings. The van der Waals surface area contributed by atoms with Crippen LogP contribution in [-0.2, 0) is 9.84 Å². The zero-order chi connectivity index (χ0) is 10.4. The molecule has 2 unspecified atom stereocenters. The van der Waals surface area contributed by atoms with Crippen molar-refractivity contribution < 1.29 is 18.6 Å². The summed E-state index contributed by atoms with van der Waals surface area (Å²) in [6.45, 7) is 0.348. The maximum Gasteiger partial charge on any atom is 0.150 e. The molecule has 0 saturated carbocycles. The van der Waals surface area contributed by atoms with Crippen LogP contribution >= 0.6 is 0 Å². The van der Waals surface area contributed by atoms with Crippen molar-refractivity contribution in [2.45, 2.75) is 30.6 Å². The Balaban J connectivity index is 2.14. The minimum absolute atomic E-state index is 0.101. The van der Waals surface area contributed by atoms with Crippen molar-refractivity contribution in [3.05, 3.63) is 0 Å². The van der Waals surface area contributed by atoms with Crippen molar-refractivity contribution in [2.24, 2.45) is 0 Å². The molecular formula is C8H15NO4S. The highest BCUT2D eigenvalue weighted by molar-refractivity contribution is 7.91. The van der Waals surface area contributed by atoms with E-state index in [1.807, 2.05) is 0 Å². The molecule has 0 aromatic rings. The van der Waals surface area contributed by atoms with E-state index in [4.69, 9.17) is 0 Å². The molecule has 0 aliphatic carbocycles. The van der Waals surface area contributed by atoms with E-state index in [9.17, 15) is 18.6 Å². The van der Waals surface area contributed by atoms with E-state index in [2.05, 4.69) is 5.32 Å². The number of aliphatic hydroxyl groups excluding tert-OH is 2. The Morgan fingerprint density at radius 2 is 1.79 bits per heavy atom. The normalized spacial score (nSPS) is 40.1. The topological polar surface area (TPSA) is 86.6 Å². The number of sulfone groups is 1. The van der Waals surface area contributed by atoms with E-state index in [-0.39, 0.29) is 11.5 Å². The average Bonchev–Trinajstić information content (AvgIpc) is 2.40. The predicted octanol–water partition coefficient (Wildman–Crippen LogP) is -1.74. The van der Waals surface area contributed by atoms with Gasteiger partial charge in [0.05, 0.1) is 23.7 Å². The molecule has 5 nitrogen and oxygen atoms in total. The van der Waals surface area contributed by atoms with Gasteiger partial charge in [0, 0.05) is 12.1 Å². The van der Waals surface area contributed by atoms with Crippen LogP contribution in [0.4, 0.5) is 0 Å². The lowest BCUT2D eigenvalue weighted by Gasteiger charge is -2.36. The van der Waals surface area contributed by atoms with Gasteiger partial charge >= 0.3 is 0 Å². The zero-order valence-electron chi connectivity index (χ0n) is 7.81. The summed E-state index contributed by atoms with van der Waals surface area (Å²) in [6.07, 6.45) is -0.810. The molecule has 3 N–H and O–H groups in total. The van der Waals surface area contributed by atoms with Crippen molar-refractivity contribution >= 4 is 9.84 Å². The number of hydrogen-bond donors (Lipinski definition) is 3. The molecule has 1 spiro atoms. The second-order valence-electron chi connectivity index (χ2n) is 4.20. The maximum absolute atomic E-state index is 11.2. The van der Waals surface area contributed by atoms with Gasteiger partial charge in [-0.25, -0.2) is 8.42 Å². The Hall–Kier alpha value is -0.170. The minimum atomic E-state index is -2.92. The fourth-order valence-corrected chi connectivity index (χ4v) is 3.82. The lowest BCUT2D eigenvalue weighted by Crippen LogP contribution is -2.54. The number of hydrogen-bond acceptors (Lipinski definition) is 5. The van der Waals surface area contributed by atoms with Crippen molar-refractivity contribution in [2.75, 3.05) is 18.1 Å². The van der Waals surface area contributed by atoms with Gasteiger partial charge in [-0.3, -0.25) is 0 Å². The van der Waals surface area contributed by atoms with Gasteiger partial charge in [-0.2, -0.15) is 0 Å². The molecule has 0 radical (unpaired) electrons. The third-order valence-electron chi connectivity index (χ3n) is 3.31. The third-order valence-corrected chi connectivity index (χ3v) is 4.96. The summed E-state index contributed by atoms with van der Waals surface area (Å²) in [5.74, 6) is 0.202. The molecule has 0 bridgehead atoms. The van der Waals surface area contributed by atoms with Crippen LogP contribution in [0.1, 0.15) is 12.8 Å². The monoisotopic (exact) mass is 221 g/mol. The predicted molar refractivity (Wildman–Crippen MR) is 50.6 cm³/mol. The Kier molecular flexibility index (Phi) is 2.34. The van der Waals surface area contributed by atoms with Crippen molar-refractivity contribution in [3.8, 4) is 0 Å². The number of rotatable bonds is 0. The lowest BCUT2D eigenvalue weighted by atomic mass is 9.87. The highest BCUT2D eigenvalue weighted by atomic mass is 32.2. The molecule has 2 aliphatic rings. The lowest BCUT2D eigenvalue weighted by molar-refractivity contribution is 0.00730. The van der Waals surface area contributed by atoms with Crippen LogP contribution in [0.2, 0.25) is 0 Å². The van der Waals surface area contributed by atoms with Gasteiger partial charge in [0.15, 0.2) is 0 Å². The SMILES string of the molecule is O=S1(=O)CCC2(CC1)NCC(O)C2O. The summed E-state index contributed by atoms with van der Waals surface area (Å²) >= 11 is 0. The van der Waals surface area contributed by atoms with Crippen LogP contribution in [0.5, 0.6) is 0 Å². The van der Waals surface area contributed by atoms with Gasteiger partial charge in [-0.05, 0) is 12.8 Å². The van der Waals surface area contributed by atoms with Crippen molar-refractivity contribution in [3.63, 3.8) is 0 Å². The Morgan fingerprint density at radius 1 is 1.21 bits per heavy atom. The second kappa shape index (κ2) is 3.16. The molecular weight excluding hydrogens is 206 g/mol. The first-order valence-corrected chi connectivity index (χ1v) is 6.59. The maximum atomic E-state index is 11.2. The van der Waals surface area contributed by atoms with Gasteiger partial charge < -0.3 is 15.5 Å². The largest absolute Gasteiger partial charge is 0.389 e. The molecule has 14 heavy (non-hydrogen) atoms. The van der Waals surface area contributed by atoms with E-state index < -0.39 is 27.6 Å². The van der Waals surface area contributed by atoms with Crippen LogP contribution in [0.3, 0.4) is 0 Å². The van der Waals surface area contributed by atoms with Crippen LogP contribution in [0, 0.1) is 0 Å². The van der Waals surface area contributed by atoms with E-state index in [0.717, 1.165) is 0 Å². The molecule has 2 rings (SSSR count). The first-order valence-electron chi connectivity index (χ1n) is 4.77. The fourth-order valence-electron chi connectivity index (χ4n) is 2.27. The third kappa shape index (κ3) is 1.56. The van der Waals surface area contributed by atoms with Gasteiger partial charge in [0.25, 0.3) is 0 Å². The summed E-state index contributed by atoms with van der Waals surface area (Å²) in [5, 5.41) is 22.2. The van der Waals surface area contributed by atoms with Crippen molar-refractivity contribution in [1.82, 2.24) is 5.32 Å². The first-order chi connectivity index (χ1) is 6.45. The van der Waals surface area contributed by atoms with Crippen LogP contribution in [0.15, 0.2) is 0 Å². The van der Waals surface area contributed by atoms with Crippen LogP contribution in [-0.4, -0.2) is 54.4 Å². The van der Waals surface area contributed by atoms with E-state index in [1.165, 1.54) is 0 Å². The molecule has 0 aromatic carbocycles. The van der Waals surface area contributed by atoms with Crippen molar-refractivity contribution in [1.29, 1.82) is 0 Å². The highest BCUT2D eigenvalue weighted by Gasteiger charge is 2.49. The van der Waals surface area contributed by atoms with Gasteiger partial charge in [-0.15, -0.1) is 0 Å². The first kappa shape index (κ1) is 10.4. The standard InChI is InChI=1S/C8H15NO4S/c10-6-5-9-8(7(6)11)1-3-14(12,13)4-2-8/h6-7,9-11H,1-5H2. The highest BCUT2D eigenvalue weighted by Crippen LogP contribution is 2.32. The van der Waals surface area contributed by atoms with Gasteiger partial charge in [0.1, 0.15) is 9.84 Å². The Labute approximate surface area is 83.0 Å². The molecule has 82 valence electrons. The van der Waals surface area contributed by atoms with Gasteiger partial charge in [-0.1, -0.05) is 0 Å². The number of nitrogens with one attached hydrogen (secondary N) is 1. The summed E-state index contributed by atoms with van der Waals surface area (Å²) in [5.41, 5.74) is -0.565. The number of β-amino-alcohol motifs (C(OH)–C–C–N with tert-alkyl or cyclic N) is 1. The molecule has 2 atom stereocenters. The molecule has 6 heteroatoms.